The minimum atomic E-state index is 0.440. The maximum absolute atomic E-state index is 5.98. The van der Waals surface area contributed by atoms with E-state index in [0.717, 1.165) is 6.54 Å². The quantitative estimate of drug-likeness (QED) is 0.919. The Kier molecular flexibility index (Phi) is 4.04. The number of hydrogen-bond acceptors (Lipinski definition) is 2. The molecule has 2 aromatic carbocycles. The second kappa shape index (κ2) is 5.94. The van der Waals surface area contributed by atoms with Gasteiger partial charge in [0.1, 0.15) is 0 Å². The van der Waals surface area contributed by atoms with Crippen molar-refractivity contribution in [1.29, 1.82) is 0 Å². The molecule has 0 radical (unpaired) electrons. The Hall–Kier alpha value is -1.38. The molecule has 0 aliphatic carbocycles. The third kappa shape index (κ3) is 2.46. The molecule has 2 heteroatoms. The molecule has 1 fully saturated rings. The van der Waals surface area contributed by atoms with Crippen LogP contribution in [0.3, 0.4) is 0 Å². The second-order valence-corrected chi connectivity index (χ2v) is 5.87. The molecule has 0 bridgehead atoms. The van der Waals surface area contributed by atoms with Crippen molar-refractivity contribution >= 4 is 10.8 Å². The Bertz CT molecular complexity index is 573. The average molecular weight is 268 g/mol. The van der Waals surface area contributed by atoms with Gasteiger partial charge in [0.05, 0.1) is 0 Å². The van der Waals surface area contributed by atoms with Crippen molar-refractivity contribution in [2.75, 3.05) is 13.1 Å². The van der Waals surface area contributed by atoms with Gasteiger partial charge in [0.2, 0.25) is 0 Å². The van der Waals surface area contributed by atoms with Crippen molar-refractivity contribution in [3.63, 3.8) is 0 Å². The number of piperidine rings is 1. The SMILES string of the molecule is CC(c1cccc2ccccc12)N1CCCCC1CN. The molecule has 0 saturated carbocycles. The van der Waals surface area contributed by atoms with Crippen LogP contribution in [0.15, 0.2) is 42.5 Å². The zero-order valence-electron chi connectivity index (χ0n) is 12.3. The van der Waals surface area contributed by atoms with Gasteiger partial charge in [0.25, 0.3) is 0 Å². The first-order chi connectivity index (χ1) is 9.81. The van der Waals surface area contributed by atoms with Gasteiger partial charge in [-0.05, 0) is 42.6 Å². The first-order valence-corrected chi connectivity index (χ1v) is 7.74. The lowest BCUT2D eigenvalue weighted by atomic mass is 9.94. The van der Waals surface area contributed by atoms with E-state index in [9.17, 15) is 0 Å². The highest BCUT2D eigenvalue weighted by Gasteiger charge is 2.26. The van der Waals surface area contributed by atoms with Crippen LogP contribution in [0, 0.1) is 0 Å². The van der Waals surface area contributed by atoms with Crippen LogP contribution in [0.25, 0.3) is 10.8 Å². The van der Waals surface area contributed by atoms with Crippen LogP contribution in [0.1, 0.15) is 37.8 Å². The predicted octanol–water partition coefficient (Wildman–Crippen LogP) is 3.71. The van der Waals surface area contributed by atoms with Crippen LogP contribution in [0.2, 0.25) is 0 Å². The molecule has 0 aromatic heterocycles. The molecule has 3 rings (SSSR count). The highest BCUT2D eigenvalue weighted by molar-refractivity contribution is 5.86. The summed E-state index contributed by atoms with van der Waals surface area (Å²) in [4.78, 5) is 2.60. The summed E-state index contributed by atoms with van der Waals surface area (Å²) in [6.45, 7) is 4.27. The maximum atomic E-state index is 5.98. The Balaban J connectivity index is 1.97. The highest BCUT2D eigenvalue weighted by Crippen LogP contribution is 2.32. The largest absolute Gasteiger partial charge is 0.329 e. The van der Waals surface area contributed by atoms with Crippen molar-refractivity contribution in [2.24, 2.45) is 5.73 Å². The van der Waals surface area contributed by atoms with E-state index in [1.165, 1.54) is 42.1 Å². The number of benzene rings is 2. The molecule has 1 aliphatic rings. The molecule has 20 heavy (non-hydrogen) atoms. The fraction of sp³-hybridized carbons (Fsp3) is 0.444. The standard InChI is InChI=1S/C18H24N2/c1-14(20-12-5-4-9-16(20)13-19)17-11-6-8-15-7-2-3-10-18(15)17/h2-3,6-8,10-11,14,16H,4-5,9,12-13,19H2,1H3. The molecule has 0 amide bonds. The summed E-state index contributed by atoms with van der Waals surface area (Å²) < 4.78 is 0. The van der Waals surface area contributed by atoms with Gasteiger partial charge in [-0.25, -0.2) is 0 Å². The van der Waals surface area contributed by atoms with Crippen molar-refractivity contribution in [1.82, 2.24) is 4.90 Å². The minimum absolute atomic E-state index is 0.440. The summed E-state index contributed by atoms with van der Waals surface area (Å²) in [5.41, 5.74) is 7.41. The third-order valence-corrected chi connectivity index (χ3v) is 4.72. The van der Waals surface area contributed by atoms with Crippen molar-refractivity contribution in [2.45, 2.75) is 38.3 Å². The molecule has 106 valence electrons. The summed E-state index contributed by atoms with van der Waals surface area (Å²) in [5.74, 6) is 0. The van der Waals surface area contributed by atoms with Gasteiger partial charge in [-0.2, -0.15) is 0 Å². The molecule has 2 aromatic rings. The zero-order chi connectivity index (χ0) is 13.9. The van der Waals surface area contributed by atoms with Crippen molar-refractivity contribution in [3.05, 3.63) is 48.0 Å². The number of fused-ring (bicyclic) bond motifs is 1. The van der Waals surface area contributed by atoms with Gasteiger partial charge in [0, 0.05) is 18.6 Å². The number of hydrogen-bond donors (Lipinski definition) is 1. The molecule has 1 aliphatic heterocycles. The summed E-state index contributed by atoms with van der Waals surface area (Å²) >= 11 is 0. The monoisotopic (exact) mass is 268 g/mol. The molecule has 2 N–H and O–H groups in total. The molecule has 2 atom stereocenters. The van der Waals surface area contributed by atoms with E-state index in [4.69, 9.17) is 5.73 Å². The van der Waals surface area contributed by atoms with Crippen LogP contribution in [-0.2, 0) is 0 Å². The van der Waals surface area contributed by atoms with Crippen molar-refractivity contribution in [3.8, 4) is 0 Å². The highest BCUT2D eigenvalue weighted by atomic mass is 15.2. The molecule has 2 unspecified atom stereocenters. The Morgan fingerprint density at radius 3 is 2.80 bits per heavy atom. The van der Waals surface area contributed by atoms with E-state index in [1.807, 2.05) is 0 Å². The minimum Gasteiger partial charge on any atom is -0.329 e. The zero-order valence-corrected chi connectivity index (χ0v) is 12.3. The number of likely N-dealkylation sites (tertiary alicyclic amines) is 1. The number of rotatable bonds is 3. The van der Waals surface area contributed by atoms with Gasteiger partial charge in [-0.1, -0.05) is 48.9 Å². The van der Waals surface area contributed by atoms with Gasteiger partial charge in [0.15, 0.2) is 0 Å². The third-order valence-electron chi connectivity index (χ3n) is 4.72. The molecular formula is C18H24N2. The van der Waals surface area contributed by atoms with Crippen molar-refractivity contribution < 1.29 is 0 Å². The smallest absolute Gasteiger partial charge is 0.0329 e. The fourth-order valence-corrected chi connectivity index (χ4v) is 3.58. The average Bonchev–Trinajstić information content (AvgIpc) is 2.53. The fourth-order valence-electron chi connectivity index (χ4n) is 3.58. The van der Waals surface area contributed by atoms with Gasteiger partial charge < -0.3 is 5.73 Å². The Morgan fingerprint density at radius 1 is 1.15 bits per heavy atom. The molecule has 2 nitrogen and oxygen atoms in total. The second-order valence-electron chi connectivity index (χ2n) is 5.87. The van der Waals surface area contributed by atoms with E-state index in [2.05, 4.69) is 54.3 Å². The maximum Gasteiger partial charge on any atom is 0.0329 e. The first-order valence-electron chi connectivity index (χ1n) is 7.74. The molecular weight excluding hydrogens is 244 g/mol. The molecule has 1 saturated heterocycles. The normalized spacial score (nSPS) is 22.0. The first kappa shape index (κ1) is 13.6. The van der Waals surface area contributed by atoms with Crippen LogP contribution >= 0.6 is 0 Å². The van der Waals surface area contributed by atoms with Crippen LogP contribution in [0.4, 0.5) is 0 Å². The lowest BCUT2D eigenvalue weighted by Crippen LogP contribution is -2.45. The van der Waals surface area contributed by atoms with Gasteiger partial charge in [-0.3, -0.25) is 4.90 Å². The van der Waals surface area contributed by atoms with E-state index in [0.29, 0.717) is 12.1 Å². The summed E-state index contributed by atoms with van der Waals surface area (Å²) in [6.07, 6.45) is 3.86. The van der Waals surface area contributed by atoms with Gasteiger partial charge in [-0.15, -0.1) is 0 Å². The van der Waals surface area contributed by atoms with E-state index in [1.54, 1.807) is 0 Å². The lowest BCUT2D eigenvalue weighted by Gasteiger charge is -2.40. The number of nitrogens with zero attached hydrogens (tertiary/aromatic N) is 1. The van der Waals surface area contributed by atoms with Crippen LogP contribution in [0.5, 0.6) is 0 Å². The topological polar surface area (TPSA) is 29.3 Å². The Morgan fingerprint density at radius 2 is 1.95 bits per heavy atom. The molecule has 1 heterocycles. The van der Waals surface area contributed by atoms with Crippen LogP contribution in [-0.4, -0.2) is 24.0 Å². The van der Waals surface area contributed by atoms with Gasteiger partial charge >= 0.3 is 0 Å². The number of nitrogens with two attached hydrogens (primary N) is 1. The summed E-state index contributed by atoms with van der Waals surface area (Å²) in [6, 6.07) is 16.3. The summed E-state index contributed by atoms with van der Waals surface area (Å²) in [5, 5.41) is 2.71. The van der Waals surface area contributed by atoms with E-state index in [-0.39, 0.29) is 0 Å². The Labute approximate surface area is 121 Å². The predicted molar refractivity (Wildman–Crippen MR) is 85.8 cm³/mol. The van der Waals surface area contributed by atoms with E-state index >= 15 is 0 Å². The van der Waals surface area contributed by atoms with E-state index < -0.39 is 0 Å². The summed E-state index contributed by atoms with van der Waals surface area (Å²) in [7, 11) is 0. The lowest BCUT2D eigenvalue weighted by molar-refractivity contribution is 0.108. The van der Waals surface area contributed by atoms with Crippen LogP contribution < -0.4 is 5.73 Å². The molecule has 0 spiro atoms.